The zero-order chi connectivity index (χ0) is 18.7. The summed E-state index contributed by atoms with van der Waals surface area (Å²) in [6.07, 6.45) is 3.77. The maximum atomic E-state index is 14.0. The minimum Gasteiger partial charge on any atom is -0.480 e. The van der Waals surface area contributed by atoms with Crippen LogP contribution in [-0.2, 0) is 11.3 Å². The van der Waals surface area contributed by atoms with E-state index in [1.807, 2.05) is 0 Å². The summed E-state index contributed by atoms with van der Waals surface area (Å²) in [4.78, 5) is 25.7. The van der Waals surface area contributed by atoms with Gasteiger partial charge in [-0.15, -0.1) is 0 Å². The number of thiazole rings is 1. The summed E-state index contributed by atoms with van der Waals surface area (Å²) >= 11 is 1.15. The number of halogens is 1. The first kappa shape index (κ1) is 18.5. The smallest absolute Gasteiger partial charge is 0.232 e. The van der Waals surface area contributed by atoms with E-state index in [2.05, 4.69) is 32.1 Å². The molecule has 0 unspecified atom stereocenters. The largest absolute Gasteiger partial charge is 0.480 e. The first-order valence-corrected chi connectivity index (χ1v) is 8.95. The molecule has 1 aliphatic heterocycles. The van der Waals surface area contributed by atoms with Crippen LogP contribution in [0.15, 0.2) is 12.4 Å². The maximum absolute atomic E-state index is 14.0. The lowest BCUT2D eigenvalue weighted by molar-refractivity contribution is -0.114. The molecule has 0 aliphatic carbocycles. The highest BCUT2D eigenvalue weighted by atomic mass is 32.1. The van der Waals surface area contributed by atoms with Gasteiger partial charge in [0.05, 0.1) is 24.4 Å². The summed E-state index contributed by atoms with van der Waals surface area (Å²) in [6.45, 7) is 4.49. The average molecular weight is 381 g/mol. The third-order valence-electron chi connectivity index (χ3n) is 4.05. The van der Waals surface area contributed by atoms with Crippen LogP contribution in [0.4, 0.5) is 9.52 Å². The van der Waals surface area contributed by atoms with Gasteiger partial charge in [0.2, 0.25) is 23.6 Å². The molecule has 1 amide bonds. The molecule has 10 heteroatoms. The van der Waals surface area contributed by atoms with Crippen molar-refractivity contribution in [1.29, 1.82) is 0 Å². The van der Waals surface area contributed by atoms with Gasteiger partial charge in [0.15, 0.2) is 5.13 Å². The van der Waals surface area contributed by atoms with Gasteiger partial charge in [-0.3, -0.25) is 9.69 Å². The Balaban J connectivity index is 1.60. The molecule has 1 N–H and O–H groups in total. The lowest BCUT2D eigenvalue weighted by Crippen LogP contribution is -2.28. The summed E-state index contributed by atoms with van der Waals surface area (Å²) in [6, 6.07) is 0.219. The molecule has 3 heterocycles. The van der Waals surface area contributed by atoms with E-state index >= 15 is 0 Å². The average Bonchev–Trinajstić information content (AvgIpc) is 3.10. The van der Waals surface area contributed by atoms with E-state index in [9.17, 15) is 9.18 Å². The minimum absolute atomic E-state index is 0.0570. The molecule has 1 saturated heterocycles. The second-order valence-corrected chi connectivity index (χ2v) is 7.15. The number of methoxy groups -OCH3 is 1. The van der Waals surface area contributed by atoms with E-state index in [1.54, 1.807) is 0 Å². The number of rotatable bonds is 6. The van der Waals surface area contributed by atoms with Gasteiger partial charge in [0, 0.05) is 32.5 Å². The number of carbonyl (C=O) groups is 1. The monoisotopic (exact) mass is 381 g/mol. The number of nitrogens with one attached hydrogen (secondary N) is 1. The molecule has 0 radical (unpaired) electrons. The number of amides is 1. The van der Waals surface area contributed by atoms with Crippen molar-refractivity contribution in [3.05, 3.63) is 23.2 Å². The van der Waals surface area contributed by atoms with Gasteiger partial charge in [0.1, 0.15) is 6.10 Å². The van der Waals surface area contributed by atoms with Crippen LogP contribution in [0.3, 0.4) is 0 Å². The van der Waals surface area contributed by atoms with E-state index in [0.717, 1.165) is 17.8 Å². The van der Waals surface area contributed by atoms with Crippen molar-refractivity contribution in [3.8, 4) is 11.8 Å². The Morgan fingerprint density at radius 2 is 2.15 bits per heavy atom. The number of anilines is 1. The van der Waals surface area contributed by atoms with Crippen molar-refractivity contribution < 1.29 is 18.7 Å². The summed E-state index contributed by atoms with van der Waals surface area (Å²) in [5.74, 6) is 0.0430. The van der Waals surface area contributed by atoms with E-state index in [4.69, 9.17) is 9.47 Å². The van der Waals surface area contributed by atoms with Gasteiger partial charge >= 0.3 is 0 Å². The highest BCUT2D eigenvalue weighted by Gasteiger charge is 2.32. The van der Waals surface area contributed by atoms with Crippen LogP contribution in [-0.4, -0.2) is 51.6 Å². The van der Waals surface area contributed by atoms with Crippen molar-refractivity contribution in [2.45, 2.75) is 39.0 Å². The molecule has 26 heavy (non-hydrogen) atoms. The molecule has 3 rings (SSSR count). The van der Waals surface area contributed by atoms with Crippen LogP contribution >= 0.6 is 11.3 Å². The van der Waals surface area contributed by atoms with E-state index < -0.39 is 5.95 Å². The second-order valence-electron chi connectivity index (χ2n) is 6.07. The lowest BCUT2D eigenvalue weighted by atomic mass is 10.2. The van der Waals surface area contributed by atoms with Gasteiger partial charge < -0.3 is 14.8 Å². The van der Waals surface area contributed by atoms with Gasteiger partial charge in [-0.1, -0.05) is 11.3 Å². The zero-order valence-electron chi connectivity index (χ0n) is 14.7. The number of aromatic nitrogens is 3. The third-order valence-corrected chi connectivity index (χ3v) is 4.98. The van der Waals surface area contributed by atoms with Crippen molar-refractivity contribution in [2.24, 2.45) is 0 Å². The van der Waals surface area contributed by atoms with Gasteiger partial charge in [0.25, 0.3) is 0 Å². The first-order chi connectivity index (χ1) is 12.4. The third kappa shape index (κ3) is 4.44. The van der Waals surface area contributed by atoms with Crippen molar-refractivity contribution >= 4 is 22.4 Å². The van der Waals surface area contributed by atoms with Crippen LogP contribution in [0, 0.1) is 5.95 Å². The maximum Gasteiger partial charge on any atom is 0.232 e. The van der Waals surface area contributed by atoms with Crippen molar-refractivity contribution in [1.82, 2.24) is 19.9 Å². The predicted octanol–water partition coefficient (Wildman–Crippen LogP) is 2.08. The minimum atomic E-state index is -0.545. The normalized spacial score (nSPS) is 20.2. The van der Waals surface area contributed by atoms with Crippen LogP contribution in [0.2, 0.25) is 0 Å². The SMILES string of the molecule is COc1cnc(O[C@@H]2C[C@H](C)N(Cc3sc(NC(C)=O)nc3F)C2)cn1. The molecule has 1 fully saturated rings. The quantitative estimate of drug-likeness (QED) is 0.819. The van der Waals surface area contributed by atoms with Gasteiger partial charge in [-0.2, -0.15) is 9.37 Å². The molecule has 2 atom stereocenters. The second kappa shape index (κ2) is 7.92. The Morgan fingerprint density at radius 3 is 2.81 bits per heavy atom. The Bertz CT molecular complexity index is 770. The fourth-order valence-corrected chi connectivity index (χ4v) is 3.73. The van der Waals surface area contributed by atoms with E-state index in [1.165, 1.54) is 26.4 Å². The first-order valence-electron chi connectivity index (χ1n) is 8.14. The standard InChI is InChI=1S/C16H20FN5O3S/c1-9-4-11(25-14-6-18-13(24-3)5-19-14)7-22(9)8-12-15(17)21-16(26-12)20-10(2)23/h5-6,9,11H,4,7-8H2,1-3H3,(H,20,21,23)/t9-,11+/m0/s1. The summed E-state index contributed by atoms with van der Waals surface area (Å²) in [5, 5.41) is 2.79. The fourth-order valence-electron chi connectivity index (χ4n) is 2.81. The number of carbonyl (C=O) groups excluding carboxylic acids is 1. The Kier molecular flexibility index (Phi) is 5.62. The molecule has 1 aliphatic rings. The van der Waals surface area contributed by atoms with Gasteiger partial charge in [-0.05, 0) is 6.92 Å². The van der Waals surface area contributed by atoms with Crippen LogP contribution < -0.4 is 14.8 Å². The number of nitrogens with zero attached hydrogens (tertiary/aromatic N) is 4. The Morgan fingerprint density at radius 1 is 1.42 bits per heavy atom. The van der Waals surface area contributed by atoms with Gasteiger partial charge in [-0.25, -0.2) is 9.97 Å². The van der Waals surface area contributed by atoms with E-state index in [0.29, 0.717) is 29.7 Å². The summed E-state index contributed by atoms with van der Waals surface area (Å²) in [7, 11) is 1.52. The molecule has 0 aromatic carbocycles. The molecule has 2 aromatic heterocycles. The highest BCUT2D eigenvalue weighted by molar-refractivity contribution is 7.15. The van der Waals surface area contributed by atoms with Crippen LogP contribution in [0.25, 0.3) is 0 Å². The number of hydrogen-bond acceptors (Lipinski definition) is 8. The number of likely N-dealkylation sites (tertiary alicyclic amines) is 1. The lowest BCUT2D eigenvalue weighted by Gasteiger charge is -2.19. The molecule has 0 spiro atoms. The zero-order valence-corrected chi connectivity index (χ0v) is 15.5. The number of hydrogen-bond donors (Lipinski definition) is 1. The molecular formula is C16H20FN5O3S. The summed E-state index contributed by atoms with van der Waals surface area (Å²) < 4.78 is 24.9. The Labute approximate surface area is 154 Å². The topological polar surface area (TPSA) is 89.5 Å². The predicted molar refractivity (Wildman–Crippen MR) is 93.9 cm³/mol. The Hall–Kier alpha value is -2.33. The van der Waals surface area contributed by atoms with Crippen LogP contribution in [0.5, 0.6) is 11.8 Å². The number of ether oxygens (including phenoxy) is 2. The van der Waals surface area contributed by atoms with Crippen molar-refractivity contribution in [3.63, 3.8) is 0 Å². The van der Waals surface area contributed by atoms with Crippen molar-refractivity contribution in [2.75, 3.05) is 19.0 Å². The highest BCUT2D eigenvalue weighted by Crippen LogP contribution is 2.28. The molecule has 2 aromatic rings. The molecule has 140 valence electrons. The molecule has 0 bridgehead atoms. The summed E-state index contributed by atoms with van der Waals surface area (Å²) in [5.41, 5.74) is 0. The fraction of sp³-hybridized carbons (Fsp3) is 0.500. The van der Waals surface area contributed by atoms with Crippen LogP contribution in [0.1, 0.15) is 25.1 Å². The molecule has 0 saturated carbocycles. The van der Waals surface area contributed by atoms with E-state index in [-0.39, 0.29) is 23.2 Å². The molecule has 8 nitrogen and oxygen atoms in total. The molecular weight excluding hydrogens is 361 g/mol.